The molecule has 0 nitrogen and oxygen atoms in total. The highest BCUT2D eigenvalue weighted by Crippen LogP contribution is 2.70. The van der Waals surface area contributed by atoms with Crippen molar-refractivity contribution < 1.29 is 0 Å². The van der Waals surface area contributed by atoms with Crippen molar-refractivity contribution in [3.63, 3.8) is 0 Å². The Balaban J connectivity index is -0.000000149. The monoisotopic (exact) mass is 1400 g/mol. The third-order valence-electron chi connectivity index (χ3n) is 22.5. The first-order valence-corrected chi connectivity index (χ1v) is 46.0. The van der Waals surface area contributed by atoms with Crippen molar-refractivity contribution in [1.29, 1.82) is 0 Å². The van der Waals surface area contributed by atoms with Crippen molar-refractivity contribution in [2.75, 3.05) is 0 Å². The molecule has 0 N–H and O–H groups in total. The molecule has 6 atom stereocenters. The van der Waals surface area contributed by atoms with E-state index in [1.54, 1.807) is 19.3 Å². The van der Waals surface area contributed by atoms with Gasteiger partial charge in [0.25, 0.3) is 0 Å². The lowest BCUT2D eigenvalue weighted by Gasteiger charge is -2.33. The van der Waals surface area contributed by atoms with Crippen LogP contribution in [0.3, 0.4) is 0 Å². The minimum atomic E-state index is 0.550. The van der Waals surface area contributed by atoms with E-state index in [9.17, 15) is 0 Å². The summed E-state index contributed by atoms with van der Waals surface area (Å²) in [5.41, 5.74) is 2.78. The van der Waals surface area contributed by atoms with E-state index in [1.165, 1.54) is 244 Å². The Morgan fingerprint density at radius 2 is 0.697 bits per heavy atom. The highest BCUT2D eigenvalue weighted by molar-refractivity contribution is 5.10. The number of unbranched alkanes of at least 4 members (excludes halogenated alkanes) is 6. The lowest BCUT2D eigenvalue weighted by atomic mass is 9.72. The second kappa shape index (κ2) is 76.2. The molecule has 99 heavy (non-hydrogen) atoms. The summed E-state index contributed by atoms with van der Waals surface area (Å²) in [6.07, 6.45) is 58.2. The zero-order valence-electron chi connectivity index (χ0n) is 78.7. The van der Waals surface area contributed by atoms with Crippen molar-refractivity contribution in [2.45, 2.75) is 533 Å². The highest BCUT2D eigenvalue weighted by Gasteiger charge is 2.59. The van der Waals surface area contributed by atoms with Gasteiger partial charge in [-0.15, -0.1) is 0 Å². The van der Waals surface area contributed by atoms with Gasteiger partial charge in [-0.2, -0.15) is 0 Å². The molecule has 0 bridgehead atoms. The van der Waals surface area contributed by atoms with Crippen molar-refractivity contribution in [3.05, 3.63) is 0 Å². The first-order valence-electron chi connectivity index (χ1n) is 46.0. The van der Waals surface area contributed by atoms with Gasteiger partial charge in [-0.3, -0.25) is 0 Å². The maximum Gasteiger partial charge on any atom is -0.0268 e. The van der Waals surface area contributed by atoms with E-state index in [1.807, 2.05) is 0 Å². The van der Waals surface area contributed by atoms with E-state index in [0.29, 0.717) is 10.8 Å². The second-order valence-corrected chi connectivity index (χ2v) is 39.8. The molecule has 0 aromatic carbocycles. The molecule has 0 heterocycles. The summed E-state index contributed by atoms with van der Waals surface area (Å²) in [6.45, 7) is 88.8. The average Bonchev–Trinajstić information content (AvgIpc) is 1.56. The van der Waals surface area contributed by atoms with Gasteiger partial charge in [0, 0.05) is 0 Å². The average molecular weight is 1400 g/mol. The number of hydrogen-bond acceptors (Lipinski definition) is 0. The summed E-state index contributed by atoms with van der Waals surface area (Å²) >= 11 is 0. The highest BCUT2D eigenvalue weighted by atomic mass is 14.6. The van der Waals surface area contributed by atoms with E-state index in [-0.39, 0.29) is 0 Å². The molecule has 1 spiro atoms. The van der Waals surface area contributed by atoms with E-state index >= 15 is 0 Å². The van der Waals surface area contributed by atoms with Crippen LogP contribution in [-0.4, -0.2) is 0 Å². The summed E-state index contributed by atoms with van der Waals surface area (Å²) in [6, 6.07) is 0. The summed E-state index contributed by atoms with van der Waals surface area (Å²) in [5.74, 6) is 14.6. The molecule has 0 amide bonds. The molecule has 7 aliphatic carbocycles. The van der Waals surface area contributed by atoms with Gasteiger partial charge in [0.05, 0.1) is 0 Å². The van der Waals surface area contributed by atoms with Crippen LogP contribution in [0.1, 0.15) is 533 Å². The van der Waals surface area contributed by atoms with Crippen LogP contribution in [0.25, 0.3) is 0 Å². The van der Waals surface area contributed by atoms with Gasteiger partial charge in [0.2, 0.25) is 0 Å². The Kier molecular flexibility index (Phi) is 88.4. The quantitative estimate of drug-likeness (QED) is 0.0895. The molecule has 7 rings (SSSR count). The van der Waals surface area contributed by atoms with Crippen molar-refractivity contribution in [3.8, 4) is 0 Å². The summed E-state index contributed by atoms with van der Waals surface area (Å²) < 4.78 is 0. The minimum absolute atomic E-state index is 0.550. The minimum Gasteiger partial charge on any atom is -0.0654 e. The van der Waals surface area contributed by atoms with Gasteiger partial charge in [-0.25, -0.2) is 0 Å². The zero-order chi connectivity index (χ0) is 78.7. The van der Waals surface area contributed by atoms with Crippen LogP contribution in [0.15, 0.2) is 0 Å². The predicted octanol–water partition coefficient (Wildman–Crippen LogP) is 37.8. The van der Waals surface area contributed by atoms with Crippen LogP contribution in [0.4, 0.5) is 0 Å². The van der Waals surface area contributed by atoms with Gasteiger partial charge in [-0.1, -0.05) is 469 Å². The third kappa shape index (κ3) is 102. The molecule has 0 aromatic rings. The lowest BCUT2D eigenvalue weighted by Crippen LogP contribution is -2.20. The van der Waals surface area contributed by atoms with Crippen LogP contribution in [0, 0.1) is 110 Å². The number of hydrogen-bond donors (Lipinski definition) is 0. The maximum absolute atomic E-state index is 2.37. The molecular formula is C99H214. The van der Waals surface area contributed by atoms with Crippen LogP contribution in [0.2, 0.25) is 0 Å². The fourth-order valence-electron chi connectivity index (χ4n) is 12.7. The standard InChI is InChI=1S/9C7H16.C6H10.5C6H12/c1-6(2)5-7(3)4;2*1-5-6-7(2,3)4;1-5-7(4)6(2)3;2*1-4-5-6-7(2)3;2*1-4-6-7(3)5-2;1-3-5-7-6-4-2;1-5-4-6(5)2-3-6;1-5-3-6(2)4-5;1-6(2)4-3-5-6;1-5-3-4-6(5)2;1-6-4-2-3-5-6;1-2-6-4-3-5-6/h6-7H,5H2,1-4H3;2*5-6H2,1-4H3;6-7H,5H2,1-4H3;4*7H,4-6H2,1-3H3;3-7H2,1-2H3;5H,2-4H2,1H3;5-6H,3-4H2,1-2H3;3-5H2,1-2H3;5-6H,3-4H2,1-2H3;2*6H,2-5H2,1H3/t;;;7-;;;7-;;;5-;;;5-,6?;;/m...0..1..0..1../s1. The van der Waals surface area contributed by atoms with Crippen LogP contribution in [0.5, 0.6) is 0 Å². The van der Waals surface area contributed by atoms with E-state index in [4.69, 9.17) is 0 Å². The largest absolute Gasteiger partial charge is 0.0654 e. The molecule has 0 heteroatoms. The van der Waals surface area contributed by atoms with Gasteiger partial charge >= 0.3 is 0 Å². The first kappa shape index (κ1) is 115. The third-order valence-corrected chi connectivity index (χ3v) is 22.5. The van der Waals surface area contributed by atoms with Crippen molar-refractivity contribution in [2.24, 2.45) is 110 Å². The maximum atomic E-state index is 2.37. The zero-order valence-corrected chi connectivity index (χ0v) is 78.7. The smallest absolute Gasteiger partial charge is 0.0268 e. The summed E-state index contributed by atoms with van der Waals surface area (Å²) in [4.78, 5) is 0. The Morgan fingerprint density at radius 3 is 0.747 bits per heavy atom. The molecular weight excluding hydrogens is 1190 g/mol. The molecule has 0 aromatic heterocycles. The lowest BCUT2D eigenvalue weighted by molar-refractivity contribution is 0.190. The normalized spacial score (nSPS) is 20.7. The molecule has 0 radical (unpaired) electrons. The summed E-state index contributed by atoms with van der Waals surface area (Å²) in [7, 11) is 0. The fourth-order valence-corrected chi connectivity index (χ4v) is 12.7. The van der Waals surface area contributed by atoms with Crippen LogP contribution >= 0.6 is 0 Å². The topological polar surface area (TPSA) is 0 Å². The van der Waals surface area contributed by atoms with Crippen LogP contribution in [-0.2, 0) is 0 Å². The van der Waals surface area contributed by atoms with E-state index in [2.05, 4.69) is 270 Å². The molecule has 7 fully saturated rings. The van der Waals surface area contributed by atoms with Gasteiger partial charge in [0.1, 0.15) is 0 Å². The fraction of sp³-hybridized carbons (Fsp3) is 1.00. The molecule has 7 aliphatic rings. The molecule has 2 unspecified atom stereocenters. The summed E-state index contributed by atoms with van der Waals surface area (Å²) in [5, 5.41) is 0. The van der Waals surface area contributed by atoms with Gasteiger partial charge < -0.3 is 0 Å². The number of rotatable bonds is 23. The molecule has 610 valence electrons. The van der Waals surface area contributed by atoms with Gasteiger partial charge in [0.15, 0.2) is 0 Å². The Bertz CT molecular complexity index is 1360. The Labute approximate surface area is 640 Å². The Morgan fingerprint density at radius 1 is 0.354 bits per heavy atom. The predicted molar refractivity (Wildman–Crippen MR) is 473 cm³/mol. The SMILES string of the molecule is CC(C)CC(C)C.CC1(C)CCC1.CC1CC(C)C1.CC1CCCC1.CC1CC[C@H]1C.CCC1CCC1.CCCC(C)(C)C.CCCC(C)(C)C.CCCC(C)CC.CCCCC(C)C.CCCCC(C)C.CCCCCCC.CCC[C@H](C)CC.CC[C@H](C)C(C)C.C[C@H]1CC12CC2. The van der Waals surface area contributed by atoms with Crippen molar-refractivity contribution >= 4 is 0 Å². The molecule has 7 saturated carbocycles. The molecule has 0 aliphatic heterocycles. The Hall–Kier alpha value is 0. The van der Waals surface area contributed by atoms with E-state index in [0.717, 1.165) is 99.6 Å². The first-order chi connectivity index (χ1) is 46.0. The van der Waals surface area contributed by atoms with Crippen LogP contribution < -0.4 is 0 Å². The van der Waals surface area contributed by atoms with Gasteiger partial charge in [-0.05, 0) is 175 Å². The second-order valence-electron chi connectivity index (χ2n) is 39.8. The molecule has 0 saturated heterocycles. The van der Waals surface area contributed by atoms with E-state index < -0.39 is 0 Å². The van der Waals surface area contributed by atoms with Crippen molar-refractivity contribution in [1.82, 2.24) is 0 Å².